The van der Waals surface area contributed by atoms with Gasteiger partial charge in [-0.15, -0.1) is 24.0 Å². The SMILES string of the molecule is CCC(=O)N1CCC(NC(=NC)NCC(C)N2CCN(c3ccccc3)CC2)C1.I. The van der Waals surface area contributed by atoms with Crippen LogP contribution in [0.2, 0.25) is 0 Å². The average molecular weight is 528 g/mol. The van der Waals surface area contributed by atoms with Crippen molar-refractivity contribution >= 4 is 41.5 Å². The monoisotopic (exact) mass is 528 g/mol. The van der Waals surface area contributed by atoms with Crippen LogP contribution >= 0.6 is 24.0 Å². The van der Waals surface area contributed by atoms with E-state index in [0.29, 0.717) is 12.5 Å². The molecule has 2 atom stereocenters. The van der Waals surface area contributed by atoms with Crippen LogP contribution < -0.4 is 15.5 Å². The number of nitrogens with one attached hydrogen (secondary N) is 2. The lowest BCUT2D eigenvalue weighted by Crippen LogP contribution is -2.54. The summed E-state index contributed by atoms with van der Waals surface area (Å²) in [5, 5.41) is 6.95. The number of rotatable bonds is 6. The minimum Gasteiger partial charge on any atom is -0.369 e. The minimum atomic E-state index is 0. The molecule has 2 N–H and O–H groups in total. The van der Waals surface area contributed by atoms with E-state index in [1.54, 1.807) is 0 Å². The first-order valence-electron chi connectivity index (χ1n) is 10.9. The predicted octanol–water partition coefficient (Wildman–Crippen LogP) is 1.99. The van der Waals surface area contributed by atoms with E-state index < -0.39 is 0 Å². The van der Waals surface area contributed by atoms with Gasteiger partial charge >= 0.3 is 0 Å². The Labute approximate surface area is 198 Å². The standard InChI is InChI=1S/C22H36N6O.HI/c1-4-21(29)28-11-10-19(17-28)25-22(23-3)24-16-18(2)26-12-14-27(15-13-26)20-8-6-5-7-9-20;/h5-9,18-19H,4,10-17H2,1-3H3,(H2,23,24,25);1H. The molecule has 0 saturated carbocycles. The highest BCUT2D eigenvalue weighted by molar-refractivity contribution is 14.0. The molecule has 2 aliphatic rings. The molecule has 2 unspecified atom stereocenters. The van der Waals surface area contributed by atoms with Gasteiger partial charge in [0.2, 0.25) is 5.91 Å². The van der Waals surface area contributed by atoms with E-state index in [1.165, 1.54) is 5.69 Å². The summed E-state index contributed by atoms with van der Waals surface area (Å²) in [4.78, 5) is 23.2. The number of benzene rings is 1. The number of hydrogen-bond acceptors (Lipinski definition) is 4. The smallest absolute Gasteiger partial charge is 0.222 e. The molecule has 0 aromatic heterocycles. The molecule has 2 fully saturated rings. The zero-order chi connectivity index (χ0) is 20.6. The summed E-state index contributed by atoms with van der Waals surface area (Å²) in [6.45, 7) is 10.9. The molecule has 30 heavy (non-hydrogen) atoms. The fraction of sp³-hybridized carbons (Fsp3) is 0.636. The van der Waals surface area contributed by atoms with Gasteiger partial charge in [0.1, 0.15) is 0 Å². The fourth-order valence-electron chi connectivity index (χ4n) is 4.15. The normalized spacial score (nSPS) is 21.2. The summed E-state index contributed by atoms with van der Waals surface area (Å²) < 4.78 is 0. The maximum atomic E-state index is 11.9. The molecule has 0 aliphatic carbocycles. The molecule has 2 aliphatic heterocycles. The molecule has 0 radical (unpaired) electrons. The van der Waals surface area contributed by atoms with E-state index in [9.17, 15) is 4.79 Å². The molecule has 0 spiro atoms. The third-order valence-electron chi connectivity index (χ3n) is 6.03. The number of aliphatic imine (C=N–C) groups is 1. The van der Waals surface area contributed by atoms with Crippen molar-refractivity contribution in [3.8, 4) is 0 Å². The molecule has 7 nitrogen and oxygen atoms in total. The summed E-state index contributed by atoms with van der Waals surface area (Å²) in [6, 6.07) is 11.4. The number of hydrogen-bond donors (Lipinski definition) is 2. The molecule has 3 rings (SSSR count). The number of halogens is 1. The van der Waals surface area contributed by atoms with Gasteiger partial charge in [0, 0.05) is 77.1 Å². The molecule has 1 aromatic rings. The van der Waals surface area contributed by atoms with Crippen LogP contribution in [-0.4, -0.2) is 86.6 Å². The van der Waals surface area contributed by atoms with Crippen LogP contribution in [0.25, 0.3) is 0 Å². The van der Waals surface area contributed by atoms with Crippen molar-refractivity contribution in [3.63, 3.8) is 0 Å². The van der Waals surface area contributed by atoms with Gasteiger partial charge < -0.3 is 20.4 Å². The highest BCUT2D eigenvalue weighted by Gasteiger charge is 2.26. The fourth-order valence-corrected chi connectivity index (χ4v) is 4.15. The van der Waals surface area contributed by atoms with Crippen molar-refractivity contribution in [2.75, 3.05) is 57.8 Å². The molecular weight excluding hydrogens is 491 g/mol. The number of carbonyl (C=O) groups is 1. The summed E-state index contributed by atoms with van der Waals surface area (Å²) in [5.41, 5.74) is 1.31. The molecule has 0 bridgehead atoms. The van der Waals surface area contributed by atoms with Crippen molar-refractivity contribution in [3.05, 3.63) is 30.3 Å². The summed E-state index contributed by atoms with van der Waals surface area (Å²) in [7, 11) is 1.81. The van der Waals surface area contributed by atoms with Crippen molar-refractivity contribution in [2.24, 2.45) is 4.99 Å². The molecule has 1 amide bonds. The van der Waals surface area contributed by atoms with Crippen molar-refractivity contribution in [2.45, 2.75) is 38.8 Å². The zero-order valence-corrected chi connectivity index (χ0v) is 20.8. The number of piperazine rings is 1. The Bertz CT molecular complexity index is 677. The van der Waals surface area contributed by atoms with Gasteiger partial charge in [-0.1, -0.05) is 25.1 Å². The van der Waals surface area contributed by atoms with Gasteiger partial charge in [-0.25, -0.2) is 0 Å². The van der Waals surface area contributed by atoms with E-state index in [2.05, 4.69) is 62.7 Å². The van der Waals surface area contributed by atoms with Crippen molar-refractivity contribution in [1.29, 1.82) is 0 Å². The second kappa shape index (κ2) is 12.3. The Balaban J connectivity index is 0.00000320. The molecule has 2 heterocycles. The Hall–Kier alpha value is -1.55. The van der Waals surface area contributed by atoms with Gasteiger partial charge in [0.05, 0.1) is 0 Å². The molecule has 8 heteroatoms. The van der Waals surface area contributed by atoms with E-state index in [-0.39, 0.29) is 35.9 Å². The predicted molar refractivity (Wildman–Crippen MR) is 135 cm³/mol. The third-order valence-corrected chi connectivity index (χ3v) is 6.03. The van der Waals surface area contributed by atoms with Crippen LogP contribution in [0.1, 0.15) is 26.7 Å². The van der Waals surface area contributed by atoms with Gasteiger partial charge in [-0.05, 0) is 25.5 Å². The Kier molecular flexibility index (Phi) is 10.2. The largest absolute Gasteiger partial charge is 0.369 e. The van der Waals surface area contributed by atoms with Crippen LogP contribution in [0.15, 0.2) is 35.3 Å². The number of anilines is 1. The Morgan fingerprint density at radius 1 is 1.17 bits per heavy atom. The lowest BCUT2D eigenvalue weighted by atomic mass is 10.2. The molecule has 168 valence electrons. The van der Waals surface area contributed by atoms with Gasteiger partial charge in [-0.3, -0.25) is 14.7 Å². The average Bonchev–Trinajstić information content (AvgIpc) is 3.25. The number of guanidine groups is 1. The Morgan fingerprint density at radius 2 is 1.87 bits per heavy atom. The highest BCUT2D eigenvalue weighted by Crippen LogP contribution is 2.16. The maximum Gasteiger partial charge on any atom is 0.222 e. The maximum absolute atomic E-state index is 11.9. The number of nitrogens with zero attached hydrogens (tertiary/aromatic N) is 4. The first-order chi connectivity index (χ1) is 14.1. The minimum absolute atomic E-state index is 0. The first-order valence-corrected chi connectivity index (χ1v) is 10.9. The Morgan fingerprint density at radius 3 is 2.50 bits per heavy atom. The lowest BCUT2D eigenvalue weighted by molar-refractivity contribution is -0.129. The van der Waals surface area contributed by atoms with Gasteiger partial charge in [-0.2, -0.15) is 0 Å². The van der Waals surface area contributed by atoms with Gasteiger partial charge in [0.15, 0.2) is 5.96 Å². The van der Waals surface area contributed by atoms with Crippen molar-refractivity contribution in [1.82, 2.24) is 20.4 Å². The summed E-state index contributed by atoms with van der Waals surface area (Å²) in [6.07, 6.45) is 1.55. The van der Waals surface area contributed by atoms with E-state index >= 15 is 0 Å². The topological polar surface area (TPSA) is 63.2 Å². The third kappa shape index (κ3) is 6.73. The number of likely N-dealkylation sites (tertiary alicyclic amines) is 1. The van der Waals surface area contributed by atoms with Crippen LogP contribution in [0.5, 0.6) is 0 Å². The number of amides is 1. The van der Waals surface area contributed by atoms with Crippen LogP contribution in [0.3, 0.4) is 0 Å². The molecular formula is C22H37IN6O. The molecule has 1 aromatic carbocycles. The first kappa shape index (κ1) is 24.7. The zero-order valence-electron chi connectivity index (χ0n) is 18.5. The second-order valence-corrected chi connectivity index (χ2v) is 7.98. The van der Waals surface area contributed by atoms with Crippen molar-refractivity contribution < 1.29 is 4.79 Å². The van der Waals surface area contributed by atoms with Crippen LogP contribution in [-0.2, 0) is 4.79 Å². The van der Waals surface area contributed by atoms with E-state index in [1.807, 2.05) is 18.9 Å². The summed E-state index contributed by atoms with van der Waals surface area (Å²) >= 11 is 0. The summed E-state index contributed by atoms with van der Waals surface area (Å²) in [5.74, 6) is 1.07. The number of para-hydroxylation sites is 1. The van der Waals surface area contributed by atoms with Gasteiger partial charge in [0.25, 0.3) is 0 Å². The van der Waals surface area contributed by atoms with E-state index in [0.717, 1.165) is 58.2 Å². The molecule has 2 saturated heterocycles. The number of carbonyl (C=O) groups excluding carboxylic acids is 1. The lowest BCUT2D eigenvalue weighted by Gasteiger charge is -2.39. The highest BCUT2D eigenvalue weighted by atomic mass is 127. The van der Waals surface area contributed by atoms with Crippen LogP contribution in [0, 0.1) is 0 Å². The quantitative estimate of drug-likeness (QED) is 0.336. The van der Waals surface area contributed by atoms with Crippen LogP contribution in [0.4, 0.5) is 5.69 Å². The second-order valence-electron chi connectivity index (χ2n) is 7.98. The van der Waals surface area contributed by atoms with E-state index in [4.69, 9.17) is 0 Å².